The van der Waals surface area contributed by atoms with E-state index in [2.05, 4.69) is 25.5 Å². The second-order valence-corrected chi connectivity index (χ2v) is 7.29. The van der Waals surface area contributed by atoms with Gasteiger partial charge < -0.3 is 10.6 Å². The molecule has 7 nitrogen and oxygen atoms in total. The third-order valence-electron chi connectivity index (χ3n) is 5.01. The van der Waals surface area contributed by atoms with E-state index in [4.69, 9.17) is 4.98 Å². The molecular weight excluding hydrogens is 383 g/mol. The molecule has 1 fully saturated rings. The monoisotopic (exact) mass is 406 g/mol. The summed E-state index contributed by atoms with van der Waals surface area (Å²) in [6.07, 6.45) is 6.79. The lowest BCUT2D eigenvalue weighted by molar-refractivity contribution is -0.117. The third-order valence-corrected chi connectivity index (χ3v) is 5.01. The first-order valence-electron chi connectivity index (χ1n) is 9.88. The number of halogens is 1. The maximum Gasteiger partial charge on any atom is 0.238 e. The summed E-state index contributed by atoms with van der Waals surface area (Å²) in [7, 11) is 0. The number of nitrogens with one attached hydrogen (secondary N) is 2. The Morgan fingerprint density at radius 2 is 2.13 bits per heavy atom. The highest BCUT2D eigenvalue weighted by molar-refractivity contribution is 5.92. The zero-order chi connectivity index (χ0) is 20.9. The maximum absolute atomic E-state index is 13.8. The van der Waals surface area contributed by atoms with Crippen LogP contribution in [0, 0.1) is 12.7 Å². The van der Waals surface area contributed by atoms with Crippen LogP contribution in [0.4, 0.5) is 21.6 Å². The van der Waals surface area contributed by atoms with Crippen molar-refractivity contribution in [2.45, 2.75) is 25.8 Å². The van der Waals surface area contributed by atoms with Crippen molar-refractivity contribution in [1.29, 1.82) is 0 Å². The van der Waals surface area contributed by atoms with Crippen LogP contribution in [0.1, 0.15) is 30.3 Å². The zero-order valence-electron chi connectivity index (χ0n) is 16.7. The van der Waals surface area contributed by atoms with Crippen LogP contribution in [0.2, 0.25) is 0 Å². The number of rotatable bonds is 6. The Bertz CT molecular complexity index is 1030. The van der Waals surface area contributed by atoms with E-state index in [1.54, 1.807) is 36.8 Å². The Kier molecular flexibility index (Phi) is 5.94. The first kappa shape index (κ1) is 19.9. The number of hydrogen-bond donors (Lipinski definition) is 2. The highest BCUT2D eigenvalue weighted by Gasteiger charge is 2.29. The van der Waals surface area contributed by atoms with E-state index >= 15 is 0 Å². The number of hydrogen-bond acceptors (Lipinski definition) is 6. The molecule has 3 aromatic rings. The number of para-hydroxylation sites is 1. The van der Waals surface area contributed by atoms with Gasteiger partial charge in [-0.3, -0.25) is 19.7 Å². The molecule has 3 heterocycles. The topological polar surface area (TPSA) is 83.0 Å². The minimum Gasteiger partial charge on any atom is -0.339 e. The molecule has 1 aromatic carbocycles. The number of benzene rings is 1. The summed E-state index contributed by atoms with van der Waals surface area (Å²) in [5.41, 5.74) is 2.85. The second kappa shape index (κ2) is 8.96. The Morgan fingerprint density at radius 1 is 1.27 bits per heavy atom. The zero-order valence-corrected chi connectivity index (χ0v) is 16.7. The molecule has 0 aliphatic carbocycles. The van der Waals surface area contributed by atoms with Crippen molar-refractivity contribution in [3.8, 4) is 0 Å². The normalized spacial score (nSPS) is 16.4. The Labute approximate surface area is 174 Å². The minimum atomic E-state index is -0.441. The molecule has 2 aromatic heterocycles. The van der Waals surface area contributed by atoms with Crippen LogP contribution in [-0.2, 0) is 4.79 Å². The summed E-state index contributed by atoms with van der Waals surface area (Å²) in [5, 5.41) is 5.91. The van der Waals surface area contributed by atoms with Gasteiger partial charge in [0.05, 0.1) is 30.2 Å². The van der Waals surface area contributed by atoms with Gasteiger partial charge in [0.2, 0.25) is 5.91 Å². The van der Waals surface area contributed by atoms with E-state index in [-0.39, 0.29) is 24.2 Å². The van der Waals surface area contributed by atoms with Crippen molar-refractivity contribution in [2.24, 2.45) is 0 Å². The molecule has 8 heteroatoms. The van der Waals surface area contributed by atoms with Crippen LogP contribution in [0.25, 0.3) is 0 Å². The standard InChI is InChI=1S/C22H23FN6O/c1-15-11-16(27-21-13-24-8-9-25-21)12-19(26-15)20-7-4-10-29(20)14-22(30)28-18-6-3-2-5-17(18)23/h2-3,5-6,8-9,11-13,20H,4,7,10,14H2,1H3,(H,28,30)(H,25,26,27)/t20-/m0/s1. The van der Waals surface area contributed by atoms with Gasteiger partial charge in [0.1, 0.15) is 11.6 Å². The number of carbonyl (C=O) groups excluding carboxylic acids is 1. The minimum absolute atomic E-state index is 0.0266. The van der Waals surface area contributed by atoms with Crippen molar-refractivity contribution < 1.29 is 9.18 Å². The highest BCUT2D eigenvalue weighted by Crippen LogP contribution is 2.32. The van der Waals surface area contributed by atoms with E-state index in [9.17, 15) is 9.18 Å². The molecule has 1 atom stereocenters. The summed E-state index contributed by atoms with van der Waals surface area (Å²) in [6.45, 7) is 2.91. The molecule has 0 saturated carbocycles. The van der Waals surface area contributed by atoms with E-state index in [1.165, 1.54) is 6.07 Å². The Morgan fingerprint density at radius 3 is 2.93 bits per heavy atom. The molecule has 1 amide bonds. The average Bonchev–Trinajstić information content (AvgIpc) is 3.18. The summed E-state index contributed by atoms with van der Waals surface area (Å²) in [4.78, 5) is 27.6. The van der Waals surface area contributed by atoms with Gasteiger partial charge in [0, 0.05) is 23.8 Å². The smallest absolute Gasteiger partial charge is 0.238 e. The van der Waals surface area contributed by atoms with Crippen LogP contribution in [-0.4, -0.2) is 38.8 Å². The van der Waals surface area contributed by atoms with E-state index in [1.807, 2.05) is 19.1 Å². The Balaban J connectivity index is 1.47. The number of likely N-dealkylation sites (tertiary alicyclic amines) is 1. The summed E-state index contributed by atoms with van der Waals surface area (Å²) < 4.78 is 13.8. The molecule has 1 aliphatic rings. The fourth-order valence-corrected chi connectivity index (χ4v) is 3.74. The number of nitrogens with zero attached hydrogens (tertiary/aromatic N) is 4. The molecule has 1 saturated heterocycles. The van der Waals surface area contributed by atoms with Gasteiger partial charge in [0.15, 0.2) is 0 Å². The molecule has 2 N–H and O–H groups in total. The number of anilines is 3. The summed E-state index contributed by atoms with van der Waals surface area (Å²) >= 11 is 0. The van der Waals surface area contributed by atoms with Gasteiger partial charge in [-0.25, -0.2) is 9.37 Å². The third kappa shape index (κ3) is 4.77. The number of amides is 1. The lowest BCUT2D eigenvalue weighted by atomic mass is 10.1. The summed E-state index contributed by atoms with van der Waals surface area (Å²) in [6, 6.07) is 10.1. The van der Waals surface area contributed by atoms with E-state index in [0.29, 0.717) is 5.82 Å². The van der Waals surface area contributed by atoms with Crippen LogP contribution in [0.15, 0.2) is 55.0 Å². The molecule has 0 spiro atoms. The number of carbonyl (C=O) groups is 1. The highest BCUT2D eigenvalue weighted by atomic mass is 19.1. The average molecular weight is 406 g/mol. The molecule has 0 unspecified atom stereocenters. The van der Waals surface area contributed by atoms with Crippen LogP contribution >= 0.6 is 0 Å². The number of aromatic nitrogens is 3. The van der Waals surface area contributed by atoms with Crippen LogP contribution in [0.3, 0.4) is 0 Å². The lowest BCUT2D eigenvalue weighted by Crippen LogP contribution is -2.33. The first-order valence-corrected chi connectivity index (χ1v) is 9.88. The van der Waals surface area contributed by atoms with Crippen LogP contribution < -0.4 is 10.6 Å². The molecule has 0 bridgehead atoms. The van der Waals surface area contributed by atoms with Gasteiger partial charge >= 0.3 is 0 Å². The van der Waals surface area contributed by atoms with Gasteiger partial charge in [-0.15, -0.1) is 0 Å². The molecule has 1 aliphatic heterocycles. The van der Waals surface area contributed by atoms with Crippen molar-refractivity contribution in [3.05, 3.63) is 72.2 Å². The van der Waals surface area contributed by atoms with E-state index in [0.717, 1.165) is 36.5 Å². The molecule has 154 valence electrons. The molecule has 30 heavy (non-hydrogen) atoms. The predicted octanol–water partition coefficient (Wildman–Crippen LogP) is 3.84. The van der Waals surface area contributed by atoms with Gasteiger partial charge in [0.25, 0.3) is 0 Å². The van der Waals surface area contributed by atoms with Crippen molar-refractivity contribution in [2.75, 3.05) is 23.7 Å². The summed E-state index contributed by atoms with van der Waals surface area (Å²) in [5.74, 6) is -0.0249. The van der Waals surface area contributed by atoms with Crippen molar-refractivity contribution in [1.82, 2.24) is 19.9 Å². The fraction of sp³-hybridized carbons (Fsp3) is 0.273. The maximum atomic E-state index is 13.8. The van der Waals surface area contributed by atoms with Gasteiger partial charge in [-0.2, -0.15) is 0 Å². The molecule has 0 radical (unpaired) electrons. The second-order valence-electron chi connectivity index (χ2n) is 7.29. The largest absolute Gasteiger partial charge is 0.339 e. The van der Waals surface area contributed by atoms with E-state index < -0.39 is 5.82 Å². The fourth-order valence-electron chi connectivity index (χ4n) is 3.74. The SMILES string of the molecule is Cc1cc(Nc2cnccn2)cc([C@@H]2CCCN2CC(=O)Nc2ccccc2F)n1. The van der Waals surface area contributed by atoms with Gasteiger partial charge in [-0.1, -0.05) is 12.1 Å². The van der Waals surface area contributed by atoms with Crippen molar-refractivity contribution in [3.63, 3.8) is 0 Å². The van der Waals surface area contributed by atoms with Gasteiger partial charge in [-0.05, 0) is 50.6 Å². The molecule has 4 rings (SSSR count). The predicted molar refractivity (Wildman–Crippen MR) is 113 cm³/mol. The lowest BCUT2D eigenvalue weighted by Gasteiger charge is -2.24. The number of pyridine rings is 1. The Hall–Kier alpha value is -3.39. The van der Waals surface area contributed by atoms with Crippen LogP contribution in [0.5, 0.6) is 0 Å². The van der Waals surface area contributed by atoms with Crippen molar-refractivity contribution >= 4 is 23.1 Å². The first-order chi connectivity index (χ1) is 14.6. The molecular formula is C22H23FN6O. The quantitative estimate of drug-likeness (QED) is 0.647. The number of aryl methyl sites for hydroxylation is 1.